The van der Waals surface area contributed by atoms with Crippen LogP contribution >= 0.6 is 0 Å². The van der Waals surface area contributed by atoms with Crippen molar-refractivity contribution in [3.63, 3.8) is 0 Å². The van der Waals surface area contributed by atoms with Crippen molar-refractivity contribution in [3.05, 3.63) is 29.6 Å². The van der Waals surface area contributed by atoms with Crippen LogP contribution in [0.1, 0.15) is 5.56 Å². The predicted molar refractivity (Wildman–Crippen MR) is 64.5 cm³/mol. The first-order chi connectivity index (χ1) is 8.58. The van der Waals surface area contributed by atoms with Crippen LogP contribution in [0.4, 0.5) is 10.1 Å². The van der Waals surface area contributed by atoms with Crippen molar-refractivity contribution in [2.24, 2.45) is 0 Å². The molecule has 0 bridgehead atoms. The molecule has 0 atom stereocenters. The lowest BCUT2D eigenvalue weighted by molar-refractivity contribution is -0.130. The van der Waals surface area contributed by atoms with E-state index in [0.29, 0.717) is 12.2 Å². The van der Waals surface area contributed by atoms with E-state index in [9.17, 15) is 14.0 Å². The predicted octanol–water partition coefficient (Wildman–Crippen LogP) is 0.00790. The van der Waals surface area contributed by atoms with E-state index in [2.05, 4.69) is 10.6 Å². The molecule has 5 nitrogen and oxygen atoms in total. The summed E-state index contributed by atoms with van der Waals surface area (Å²) >= 11 is 0. The number of nitrogens with zero attached hydrogens (tertiary/aromatic N) is 1. The molecule has 1 aliphatic rings. The first-order valence-corrected chi connectivity index (χ1v) is 5.60. The SMILES string of the molecule is CNCc1cc(F)cc(N2CC(=O)NC(=O)C2)c1. The standard InChI is InChI=1S/C12H14FN3O2/c1-14-5-8-2-9(13)4-10(3-8)16-6-11(17)15-12(18)7-16/h2-4,14H,5-7H2,1H3,(H,15,17,18). The first kappa shape index (κ1) is 12.5. The fourth-order valence-corrected chi connectivity index (χ4v) is 1.94. The van der Waals surface area contributed by atoms with Gasteiger partial charge in [0.1, 0.15) is 5.82 Å². The third kappa shape index (κ3) is 2.84. The Hall–Kier alpha value is -1.95. The molecule has 0 aliphatic carbocycles. The quantitative estimate of drug-likeness (QED) is 0.743. The topological polar surface area (TPSA) is 61.4 Å². The maximum absolute atomic E-state index is 13.5. The molecular weight excluding hydrogens is 237 g/mol. The maximum atomic E-state index is 13.5. The van der Waals surface area contributed by atoms with E-state index in [1.54, 1.807) is 18.0 Å². The highest BCUT2D eigenvalue weighted by molar-refractivity contribution is 6.02. The number of nitrogens with one attached hydrogen (secondary N) is 2. The minimum Gasteiger partial charge on any atom is -0.353 e. The lowest BCUT2D eigenvalue weighted by atomic mass is 10.1. The number of benzene rings is 1. The van der Waals surface area contributed by atoms with Gasteiger partial charge < -0.3 is 10.2 Å². The van der Waals surface area contributed by atoms with Crippen molar-refractivity contribution in [2.45, 2.75) is 6.54 Å². The van der Waals surface area contributed by atoms with Crippen molar-refractivity contribution >= 4 is 17.5 Å². The molecule has 6 heteroatoms. The lowest BCUT2D eigenvalue weighted by Crippen LogP contribution is -2.51. The number of hydrogen-bond donors (Lipinski definition) is 2. The number of hydrogen-bond acceptors (Lipinski definition) is 4. The van der Waals surface area contributed by atoms with Gasteiger partial charge in [-0.1, -0.05) is 0 Å². The number of imide groups is 1. The summed E-state index contributed by atoms with van der Waals surface area (Å²) in [6.07, 6.45) is 0. The molecule has 1 saturated heterocycles. The van der Waals surface area contributed by atoms with Gasteiger partial charge in [0.2, 0.25) is 11.8 Å². The zero-order valence-corrected chi connectivity index (χ0v) is 10.00. The Bertz CT molecular complexity index is 474. The van der Waals surface area contributed by atoms with Gasteiger partial charge in [-0.05, 0) is 30.8 Å². The molecule has 1 aromatic carbocycles. The molecule has 18 heavy (non-hydrogen) atoms. The number of carbonyl (C=O) groups excluding carboxylic acids is 2. The van der Waals surface area contributed by atoms with Gasteiger partial charge in [0.05, 0.1) is 13.1 Å². The van der Waals surface area contributed by atoms with Crippen LogP contribution in [-0.4, -0.2) is 32.0 Å². The average Bonchev–Trinajstić information content (AvgIpc) is 2.27. The highest BCUT2D eigenvalue weighted by Crippen LogP contribution is 2.19. The third-order valence-corrected chi connectivity index (χ3v) is 2.64. The number of anilines is 1. The third-order valence-electron chi connectivity index (χ3n) is 2.64. The first-order valence-electron chi connectivity index (χ1n) is 5.60. The minimum atomic E-state index is -0.379. The van der Waals surface area contributed by atoms with Crippen molar-refractivity contribution in [3.8, 4) is 0 Å². The summed E-state index contributed by atoms with van der Waals surface area (Å²) in [4.78, 5) is 24.1. The highest BCUT2D eigenvalue weighted by Gasteiger charge is 2.23. The largest absolute Gasteiger partial charge is 0.353 e. The Morgan fingerprint density at radius 1 is 1.28 bits per heavy atom. The molecule has 2 rings (SSSR count). The van der Waals surface area contributed by atoms with E-state index in [0.717, 1.165) is 5.56 Å². The summed E-state index contributed by atoms with van der Waals surface area (Å²) in [6, 6.07) is 4.52. The molecule has 0 radical (unpaired) electrons. The summed E-state index contributed by atoms with van der Waals surface area (Å²) in [6.45, 7) is 0.654. The van der Waals surface area contributed by atoms with E-state index in [-0.39, 0.29) is 30.7 Å². The van der Waals surface area contributed by atoms with Gasteiger partial charge in [-0.25, -0.2) is 4.39 Å². The summed E-state index contributed by atoms with van der Waals surface area (Å²) < 4.78 is 13.5. The van der Waals surface area contributed by atoms with Crippen molar-refractivity contribution < 1.29 is 14.0 Å². The van der Waals surface area contributed by atoms with E-state index in [4.69, 9.17) is 0 Å². The maximum Gasteiger partial charge on any atom is 0.246 e. The molecule has 1 fully saturated rings. The van der Waals surface area contributed by atoms with Gasteiger partial charge in [0.25, 0.3) is 0 Å². The second kappa shape index (κ2) is 5.14. The van der Waals surface area contributed by atoms with Crippen LogP contribution in [0.15, 0.2) is 18.2 Å². The summed E-state index contributed by atoms with van der Waals surface area (Å²) in [5, 5.41) is 5.14. The van der Waals surface area contributed by atoms with E-state index >= 15 is 0 Å². The Morgan fingerprint density at radius 2 is 1.94 bits per heavy atom. The Balaban J connectivity index is 2.26. The number of piperazine rings is 1. The molecule has 1 aromatic rings. The smallest absolute Gasteiger partial charge is 0.246 e. The summed E-state index contributed by atoms with van der Waals surface area (Å²) in [5.74, 6) is -1.12. The Morgan fingerprint density at radius 3 is 2.56 bits per heavy atom. The molecule has 96 valence electrons. The lowest BCUT2D eigenvalue weighted by Gasteiger charge is -2.27. The van der Waals surface area contributed by atoms with Crippen molar-refractivity contribution in [1.82, 2.24) is 10.6 Å². The van der Waals surface area contributed by atoms with E-state index in [1.165, 1.54) is 12.1 Å². The molecule has 2 amide bonds. The zero-order valence-electron chi connectivity index (χ0n) is 10.00. The average molecular weight is 251 g/mol. The summed E-state index contributed by atoms with van der Waals surface area (Å²) in [7, 11) is 1.77. The number of rotatable bonds is 3. The van der Waals surface area contributed by atoms with Crippen LogP contribution < -0.4 is 15.5 Å². The van der Waals surface area contributed by atoms with Gasteiger partial charge in [0, 0.05) is 12.2 Å². The number of carbonyl (C=O) groups is 2. The van der Waals surface area contributed by atoms with Crippen LogP contribution in [-0.2, 0) is 16.1 Å². The van der Waals surface area contributed by atoms with Crippen molar-refractivity contribution in [2.75, 3.05) is 25.0 Å². The van der Waals surface area contributed by atoms with Gasteiger partial charge in [-0.3, -0.25) is 14.9 Å². The number of amides is 2. The second-order valence-electron chi connectivity index (χ2n) is 4.18. The summed E-state index contributed by atoms with van der Waals surface area (Å²) in [5.41, 5.74) is 1.31. The van der Waals surface area contributed by atoms with Gasteiger partial charge >= 0.3 is 0 Å². The van der Waals surface area contributed by atoms with Crippen LogP contribution in [0.3, 0.4) is 0 Å². The second-order valence-corrected chi connectivity index (χ2v) is 4.18. The fraction of sp³-hybridized carbons (Fsp3) is 0.333. The Kier molecular flexibility index (Phi) is 3.57. The number of halogens is 1. The molecule has 0 saturated carbocycles. The molecule has 0 unspecified atom stereocenters. The molecule has 0 aromatic heterocycles. The van der Waals surface area contributed by atoms with Crippen LogP contribution in [0.5, 0.6) is 0 Å². The van der Waals surface area contributed by atoms with Crippen molar-refractivity contribution in [1.29, 1.82) is 0 Å². The fourth-order valence-electron chi connectivity index (χ4n) is 1.94. The van der Waals surface area contributed by atoms with E-state index in [1.807, 2.05) is 0 Å². The molecule has 0 spiro atoms. The zero-order chi connectivity index (χ0) is 13.1. The molecule has 2 N–H and O–H groups in total. The van der Waals surface area contributed by atoms with Crippen LogP contribution in [0.2, 0.25) is 0 Å². The van der Waals surface area contributed by atoms with Gasteiger partial charge in [0.15, 0.2) is 0 Å². The van der Waals surface area contributed by atoms with Crippen LogP contribution in [0, 0.1) is 5.82 Å². The van der Waals surface area contributed by atoms with Gasteiger partial charge in [-0.2, -0.15) is 0 Å². The molecule has 1 aliphatic heterocycles. The highest BCUT2D eigenvalue weighted by atomic mass is 19.1. The monoisotopic (exact) mass is 251 g/mol. The van der Waals surface area contributed by atoms with Gasteiger partial charge in [-0.15, -0.1) is 0 Å². The van der Waals surface area contributed by atoms with Crippen LogP contribution in [0.25, 0.3) is 0 Å². The van der Waals surface area contributed by atoms with E-state index < -0.39 is 0 Å². The molecular formula is C12H14FN3O2. The minimum absolute atomic E-state index is 0.0637. The normalized spacial score (nSPS) is 15.8. The molecule has 1 heterocycles. The Labute approximate surface area is 104 Å².